The third-order valence-electron chi connectivity index (χ3n) is 2.97. The van der Waals surface area contributed by atoms with E-state index < -0.39 is 0 Å². The lowest BCUT2D eigenvalue weighted by Gasteiger charge is -2.21. The SMILES string of the molecule is CNC(C)(C)C/C=[C]/c1cccc(C(C)N)c1. The van der Waals surface area contributed by atoms with Crippen LogP contribution in [0.25, 0.3) is 0 Å². The van der Waals surface area contributed by atoms with Crippen molar-refractivity contribution in [2.75, 3.05) is 7.05 Å². The number of nitrogens with two attached hydrogens (primary N) is 1. The number of nitrogens with one attached hydrogen (secondary N) is 1. The Bertz CT molecular complexity index is 378. The van der Waals surface area contributed by atoms with Gasteiger partial charge in [-0.2, -0.15) is 0 Å². The number of hydrogen-bond acceptors (Lipinski definition) is 2. The van der Waals surface area contributed by atoms with Crippen molar-refractivity contribution < 1.29 is 0 Å². The highest BCUT2D eigenvalue weighted by atomic mass is 14.9. The lowest BCUT2D eigenvalue weighted by Crippen LogP contribution is -2.35. The molecular formula is C15H23N2. The van der Waals surface area contributed by atoms with Gasteiger partial charge >= 0.3 is 0 Å². The van der Waals surface area contributed by atoms with Crippen molar-refractivity contribution in [3.8, 4) is 0 Å². The molecule has 1 aromatic rings. The molecule has 2 nitrogen and oxygen atoms in total. The molecule has 0 aliphatic carbocycles. The molecule has 1 radical (unpaired) electrons. The first-order chi connectivity index (χ1) is 7.94. The predicted octanol–water partition coefficient (Wildman–Crippen LogP) is 2.80. The van der Waals surface area contributed by atoms with Gasteiger partial charge in [0.2, 0.25) is 0 Å². The Hall–Kier alpha value is -1.12. The molecule has 0 amide bonds. The monoisotopic (exact) mass is 231 g/mol. The van der Waals surface area contributed by atoms with Crippen LogP contribution in [0.5, 0.6) is 0 Å². The summed E-state index contributed by atoms with van der Waals surface area (Å²) in [6.45, 7) is 6.33. The Kier molecular flexibility index (Phi) is 4.91. The highest BCUT2D eigenvalue weighted by Gasteiger charge is 2.11. The zero-order chi connectivity index (χ0) is 12.9. The second-order valence-electron chi connectivity index (χ2n) is 5.10. The Morgan fingerprint density at radius 2 is 2.18 bits per heavy atom. The summed E-state index contributed by atoms with van der Waals surface area (Å²) >= 11 is 0. The van der Waals surface area contributed by atoms with Crippen LogP contribution in [0, 0.1) is 6.08 Å². The summed E-state index contributed by atoms with van der Waals surface area (Å²) < 4.78 is 0. The van der Waals surface area contributed by atoms with Crippen LogP contribution in [0.4, 0.5) is 0 Å². The van der Waals surface area contributed by atoms with Gasteiger partial charge in [0.25, 0.3) is 0 Å². The lowest BCUT2D eigenvalue weighted by atomic mass is 9.99. The molecule has 1 rings (SSSR count). The van der Waals surface area contributed by atoms with Crippen molar-refractivity contribution in [3.63, 3.8) is 0 Å². The number of benzene rings is 1. The Morgan fingerprint density at radius 3 is 2.76 bits per heavy atom. The van der Waals surface area contributed by atoms with E-state index in [-0.39, 0.29) is 11.6 Å². The van der Waals surface area contributed by atoms with Crippen molar-refractivity contribution >= 4 is 0 Å². The summed E-state index contributed by atoms with van der Waals surface area (Å²) in [5, 5.41) is 3.27. The van der Waals surface area contributed by atoms with Gasteiger partial charge in [0.05, 0.1) is 0 Å². The van der Waals surface area contributed by atoms with Crippen LogP contribution >= 0.6 is 0 Å². The molecule has 0 aliphatic heterocycles. The molecule has 0 saturated carbocycles. The average molecular weight is 231 g/mol. The minimum atomic E-state index is 0.0745. The third kappa shape index (κ3) is 4.72. The van der Waals surface area contributed by atoms with Crippen LogP contribution in [-0.2, 0) is 0 Å². The van der Waals surface area contributed by atoms with Crippen LogP contribution in [0.15, 0.2) is 30.3 Å². The molecule has 0 heterocycles. The first-order valence-electron chi connectivity index (χ1n) is 6.07. The van der Waals surface area contributed by atoms with Gasteiger partial charge in [0, 0.05) is 11.6 Å². The molecule has 3 N–H and O–H groups in total. The predicted molar refractivity (Wildman–Crippen MR) is 73.7 cm³/mol. The number of rotatable bonds is 5. The molecule has 1 atom stereocenters. The average Bonchev–Trinajstić information content (AvgIpc) is 2.29. The van der Waals surface area contributed by atoms with Crippen LogP contribution in [0.2, 0.25) is 0 Å². The second-order valence-corrected chi connectivity index (χ2v) is 5.10. The van der Waals surface area contributed by atoms with Crippen LogP contribution in [0.3, 0.4) is 0 Å². The van der Waals surface area contributed by atoms with Crippen molar-refractivity contribution in [3.05, 3.63) is 47.5 Å². The zero-order valence-corrected chi connectivity index (χ0v) is 11.2. The van der Waals surface area contributed by atoms with Crippen molar-refractivity contribution in [2.24, 2.45) is 5.73 Å². The summed E-state index contributed by atoms with van der Waals surface area (Å²) in [5.74, 6) is 0. The lowest BCUT2D eigenvalue weighted by molar-refractivity contribution is 0.429. The van der Waals surface area contributed by atoms with Crippen LogP contribution in [0.1, 0.15) is 44.4 Å². The Morgan fingerprint density at radius 1 is 1.47 bits per heavy atom. The molecule has 0 aliphatic rings. The van der Waals surface area contributed by atoms with E-state index in [1.165, 1.54) is 0 Å². The molecule has 17 heavy (non-hydrogen) atoms. The van der Waals surface area contributed by atoms with E-state index >= 15 is 0 Å². The van der Waals surface area contributed by atoms with Gasteiger partial charge in [-0.25, -0.2) is 0 Å². The minimum absolute atomic E-state index is 0.0745. The van der Waals surface area contributed by atoms with Gasteiger partial charge in [-0.3, -0.25) is 0 Å². The fourth-order valence-electron chi connectivity index (χ4n) is 1.44. The van der Waals surface area contributed by atoms with E-state index in [2.05, 4.69) is 43.4 Å². The fourth-order valence-corrected chi connectivity index (χ4v) is 1.44. The van der Waals surface area contributed by atoms with Crippen LogP contribution < -0.4 is 11.1 Å². The van der Waals surface area contributed by atoms with Crippen molar-refractivity contribution in [1.82, 2.24) is 5.32 Å². The van der Waals surface area contributed by atoms with E-state index in [1.54, 1.807) is 0 Å². The summed E-state index contributed by atoms with van der Waals surface area (Å²) in [7, 11) is 1.98. The fraction of sp³-hybridized carbons (Fsp3) is 0.467. The normalized spacial score (nSPS) is 14.2. The first-order valence-corrected chi connectivity index (χ1v) is 6.07. The van der Waals surface area contributed by atoms with E-state index in [1.807, 2.05) is 26.1 Å². The van der Waals surface area contributed by atoms with E-state index in [0.717, 1.165) is 17.5 Å². The van der Waals surface area contributed by atoms with E-state index in [4.69, 9.17) is 5.73 Å². The van der Waals surface area contributed by atoms with E-state index in [9.17, 15) is 0 Å². The maximum Gasteiger partial charge on any atom is 0.0266 e. The van der Waals surface area contributed by atoms with Gasteiger partial charge < -0.3 is 11.1 Å². The molecule has 93 valence electrons. The molecule has 0 spiro atoms. The summed E-state index contributed by atoms with van der Waals surface area (Å²) in [6, 6.07) is 8.29. The molecule has 0 aromatic heterocycles. The summed E-state index contributed by atoms with van der Waals surface area (Å²) in [6.07, 6.45) is 6.34. The molecule has 1 aromatic carbocycles. The largest absolute Gasteiger partial charge is 0.324 e. The van der Waals surface area contributed by atoms with Gasteiger partial charge in [-0.15, -0.1) is 0 Å². The topological polar surface area (TPSA) is 38.0 Å². The summed E-state index contributed by atoms with van der Waals surface area (Å²) in [4.78, 5) is 0. The first kappa shape index (κ1) is 13.9. The molecular weight excluding hydrogens is 208 g/mol. The van der Waals surface area contributed by atoms with Gasteiger partial charge in [0.15, 0.2) is 0 Å². The Labute approximate surface area is 105 Å². The molecule has 0 saturated heterocycles. The molecule has 0 bridgehead atoms. The molecule has 1 unspecified atom stereocenters. The van der Waals surface area contributed by atoms with Gasteiger partial charge in [0.1, 0.15) is 0 Å². The summed E-state index contributed by atoms with van der Waals surface area (Å²) in [5.41, 5.74) is 8.21. The maximum absolute atomic E-state index is 5.85. The molecule has 2 heteroatoms. The van der Waals surface area contributed by atoms with Crippen LogP contribution in [-0.4, -0.2) is 12.6 Å². The minimum Gasteiger partial charge on any atom is -0.324 e. The highest BCUT2D eigenvalue weighted by molar-refractivity contribution is 5.29. The van der Waals surface area contributed by atoms with Crippen molar-refractivity contribution in [1.29, 1.82) is 0 Å². The van der Waals surface area contributed by atoms with Gasteiger partial charge in [-0.05, 0) is 57.5 Å². The number of hydrogen-bond donors (Lipinski definition) is 2. The second kappa shape index (κ2) is 5.99. The van der Waals surface area contributed by atoms with Crippen molar-refractivity contribution in [2.45, 2.75) is 38.8 Å². The smallest absolute Gasteiger partial charge is 0.0266 e. The Balaban J connectivity index is 2.69. The third-order valence-corrected chi connectivity index (χ3v) is 2.97. The molecule has 0 fully saturated rings. The van der Waals surface area contributed by atoms with E-state index in [0.29, 0.717) is 0 Å². The maximum atomic E-state index is 5.85. The standard InChI is InChI=1S/C15H23N2/c1-12(16)14-9-5-7-13(11-14)8-6-10-15(2,3)17-4/h5-7,9,11-12,17H,10,16H2,1-4H3. The highest BCUT2D eigenvalue weighted by Crippen LogP contribution is 2.13. The van der Waals surface area contributed by atoms with Gasteiger partial charge in [-0.1, -0.05) is 24.3 Å². The quantitative estimate of drug-likeness (QED) is 0.817. The zero-order valence-electron chi connectivity index (χ0n) is 11.2.